The first kappa shape index (κ1) is 13.9. The molecule has 0 spiro atoms. The van der Waals surface area contributed by atoms with Gasteiger partial charge in [0.2, 0.25) is 11.8 Å². The maximum Gasteiger partial charge on any atom is 0.234 e. The number of rotatable bonds is 4. The molecule has 1 aliphatic heterocycles. The molecule has 2 heterocycles. The zero-order valence-electron chi connectivity index (χ0n) is 11.7. The van der Waals surface area contributed by atoms with E-state index in [-0.39, 0.29) is 11.2 Å². The van der Waals surface area contributed by atoms with Crippen molar-refractivity contribution in [1.29, 1.82) is 0 Å². The van der Waals surface area contributed by atoms with Crippen LogP contribution in [0.25, 0.3) is 0 Å². The third-order valence-corrected chi connectivity index (χ3v) is 4.73. The molecule has 1 aliphatic rings. The quantitative estimate of drug-likeness (QED) is 0.942. The number of benzene rings is 1. The molecule has 2 aromatic rings. The Hall–Kier alpha value is -2.01. The number of carbonyl (C=O) groups excluding carboxylic acids is 1. The monoisotopic (exact) mass is 300 g/mol. The van der Waals surface area contributed by atoms with Gasteiger partial charge >= 0.3 is 0 Å². The lowest BCUT2D eigenvalue weighted by Gasteiger charge is -2.10. The van der Waals surface area contributed by atoms with E-state index in [1.165, 1.54) is 10.5 Å². The highest BCUT2D eigenvalue weighted by Gasteiger charge is 2.27. The molecule has 0 unspecified atom stereocenters. The summed E-state index contributed by atoms with van der Waals surface area (Å²) in [6.45, 7) is 0.489. The Morgan fingerprint density at radius 1 is 1.38 bits per heavy atom. The number of hydrogen-bond donors (Lipinski definition) is 1. The van der Waals surface area contributed by atoms with Crippen molar-refractivity contribution in [3.05, 3.63) is 53.7 Å². The van der Waals surface area contributed by atoms with E-state index >= 15 is 0 Å². The predicted octanol–water partition coefficient (Wildman–Crippen LogP) is 2.42. The molecule has 21 heavy (non-hydrogen) atoms. The largest absolute Gasteiger partial charge is 0.481 e. The Morgan fingerprint density at radius 2 is 2.24 bits per heavy atom. The fraction of sp³-hybridized carbons (Fsp3) is 0.250. The third-order valence-electron chi connectivity index (χ3n) is 3.41. The van der Waals surface area contributed by atoms with E-state index in [4.69, 9.17) is 4.74 Å². The van der Waals surface area contributed by atoms with Gasteiger partial charge < -0.3 is 10.1 Å². The smallest absolute Gasteiger partial charge is 0.234 e. The van der Waals surface area contributed by atoms with Crippen molar-refractivity contribution in [3.8, 4) is 5.88 Å². The Balaban J connectivity index is 1.55. The molecule has 0 saturated heterocycles. The van der Waals surface area contributed by atoms with Gasteiger partial charge in [-0.05, 0) is 23.6 Å². The van der Waals surface area contributed by atoms with Crippen LogP contribution in [0.3, 0.4) is 0 Å². The molecular weight excluding hydrogens is 284 g/mol. The van der Waals surface area contributed by atoms with Crippen molar-refractivity contribution in [2.75, 3.05) is 7.11 Å². The fourth-order valence-corrected chi connectivity index (χ4v) is 3.49. The number of fused-ring (bicyclic) bond motifs is 1. The molecular formula is C16H16N2O2S. The maximum atomic E-state index is 12.2. The summed E-state index contributed by atoms with van der Waals surface area (Å²) in [6, 6.07) is 11.9. The summed E-state index contributed by atoms with van der Waals surface area (Å²) >= 11 is 1.64. The van der Waals surface area contributed by atoms with Crippen LogP contribution < -0.4 is 10.1 Å². The van der Waals surface area contributed by atoms with E-state index in [0.29, 0.717) is 12.4 Å². The summed E-state index contributed by atoms with van der Waals surface area (Å²) in [4.78, 5) is 17.6. The molecule has 0 aliphatic carbocycles. The molecule has 1 N–H and O–H groups in total. The summed E-state index contributed by atoms with van der Waals surface area (Å²) in [5.41, 5.74) is 2.22. The normalized spacial score (nSPS) is 16.3. The first-order valence-corrected chi connectivity index (χ1v) is 7.65. The maximum absolute atomic E-state index is 12.2. The van der Waals surface area contributed by atoms with E-state index in [1.807, 2.05) is 18.2 Å². The lowest BCUT2D eigenvalue weighted by Crippen LogP contribution is -2.32. The van der Waals surface area contributed by atoms with Crippen LogP contribution in [-0.2, 0) is 17.8 Å². The topological polar surface area (TPSA) is 51.2 Å². The first-order valence-electron chi connectivity index (χ1n) is 6.77. The second-order valence-electron chi connectivity index (χ2n) is 4.84. The second kappa shape index (κ2) is 6.18. The number of methoxy groups -OCH3 is 1. The molecule has 0 saturated carbocycles. The van der Waals surface area contributed by atoms with Crippen LogP contribution in [0.5, 0.6) is 5.88 Å². The van der Waals surface area contributed by atoms with Crippen LogP contribution in [-0.4, -0.2) is 23.3 Å². The molecule has 1 aromatic heterocycles. The number of nitrogens with zero attached hydrogens (tertiary/aromatic N) is 1. The van der Waals surface area contributed by atoms with Crippen molar-refractivity contribution < 1.29 is 9.53 Å². The average molecular weight is 300 g/mol. The standard InChI is InChI=1S/C16H16N2O2S/c1-20-15-7-6-11(9-17-15)10-18-16(19)14-8-12-4-2-3-5-13(12)21-14/h2-7,9,14H,8,10H2,1H3,(H,18,19)/t14-/m0/s1. The number of amides is 1. The SMILES string of the molecule is COc1ccc(CNC(=O)[C@@H]2Cc3ccccc3S2)cn1. The molecule has 0 bridgehead atoms. The zero-order chi connectivity index (χ0) is 14.7. The van der Waals surface area contributed by atoms with Gasteiger partial charge in [-0.1, -0.05) is 24.3 Å². The van der Waals surface area contributed by atoms with Gasteiger partial charge in [-0.25, -0.2) is 4.98 Å². The van der Waals surface area contributed by atoms with E-state index in [0.717, 1.165) is 12.0 Å². The van der Waals surface area contributed by atoms with E-state index in [9.17, 15) is 4.79 Å². The first-order chi connectivity index (χ1) is 10.3. The lowest BCUT2D eigenvalue weighted by atomic mass is 10.1. The van der Waals surface area contributed by atoms with Crippen LogP contribution in [0.4, 0.5) is 0 Å². The van der Waals surface area contributed by atoms with Gasteiger partial charge in [0.15, 0.2) is 0 Å². The van der Waals surface area contributed by atoms with Crippen molar-refractivity contribution in [2.45, 2.75) is 23.1 Å². The van der Waals surface area contributed by atoms with Gasteiger partial charge in [0, 0.05) is 23.7 Å². The number of carbonyl (C=O) groups is 1. The molecule has 108 valence electrons. The average Bonchev–Trinajstić information content (AvgIpc) is 2.97. The van der Waals surface area contributed by atoms with E-state index in [2.05, 4.69) is 22.4 Å². The van der Waals surface area contributed by atoms with Gasteiger partial charge in [0.1, 0.15) is 0 Å². The summed E-state index contributed by atoms with van der Waals surface area (Å²) in [7, 11) is 1.58. The third kappa shape index (κ3) is 3.19. The lowest BCUT2D eigenvalue weighted by molar-refractivity contribution is -0.120. The number of pyridine rings is 1. The van der Waals surface area contributed by atoms with Crippen LogP contribution in [0.1, 0.15) is 11.1 Å². The predicted molar refractivity (Wildman–Crippen MR) is 82.4 cm³/mol. The number of thioether (sulfide) groups is 1. The number of nitrogens with one attached hydrogen (secondary N) is 1. The van der Waals surface area contributed by atoms with Gasteiger partial charge in [0.05, 0.1) is 12.4 Å². The second-order valence-corrected chi connectivity index (χ2v) is 6.09. The highest BCUT2D eigenvalue weighted by molar-refractivity contribution is 8.01. The Morgan fingerprint density at radius 3 is 2.95 bits per heavy atom. The fourth-order valence-electron chi connectivity index (χ4n) is 2.27. The highest BCUT2D eigenvalue weighted by Crippen LogP contribution is 2.36. The van der Waals surface area contributed by atoms with Gasteiger partial charge in [0.25, 0.3) is 0 Å². The molecule has 0 fully saturated rings. The molecule has 1 atom stereocenters. The molecule has 4 nitrogen and oxygen atoms in total. The van der Waals surface area contributed by atoms with Crippen LogP contribution >= 0.6 is 11.8 Å². The van der Waals surface area contributed by atoms with Gasteiger partial charge in [-0.2, -0.15) is 0 Å². The van der Waals surface area contributed by atoms with Crippen molar-refractivity contribution >= 4 is 17.7 Å². The molecule has 5 heteroatoms. The highest BCUT2D eigenvalue weighted by atomic mass is 32.2. The number of hydrogen-bond acceptors (Lipinski definition) is 4. The van der Waals surface area contributed by atoms with Gasteiger partial charge in [-0.3, -0.25) is 4.79 Å². The van der Waals surface area contributed by atoms with E-state index < -0.39 is 0 Å². The van der Waals surface area contributed by atoms with Gasteiger partial charge in [-0.15, -0.1) is 11.8 Å². The molecule has 1 amide bonds. The Bertz CT molecular complexity index is 618. The minimum Gasteiger partial charge on any atom is -0.481 e. The zero-order valence-corrected chi connectivity index (χ0v) is 12.5. The molecule has 3 rings (SSSR count). The molecule has 0 radical (unpaired) electrons. The number of ether oxygens (including phenoxy) is 1. The summed E-state index contributed by atoms with van der Waals surface area (Å²) in [5.74, 6) is 0.652. The van der Waals surface area contributed by atoms with Crippen LogP contribution in [0.2, 0.25) is 0 Å². The number of aromatic nitrogens is 1. The van der Waals surface area contributed by atoms with Crippen LogP contribution in [0.15, 0.2) is 47.5 Å². The minimum absolute atomic E-state index is 0.0337. The van der Waals surface area contributed by atoms with E-state index in [1.54, 1.807) is 31.1 Å². The van der Waals surface area contributed by atoms with Crippen molar-refractivity contribution in [1.82, 2.24) is 10.3 Å². The minimum atomic E-state index is -0.0337. The summed E-state index contributed by atoms with van der Waals surface area (Å²) < 4.78 is 5.01. The van der Waals surface area contributed by atoms with Crippen LogP contribution in [0, 0.1) is 0 Å². The van der Waals surface area contributed by atoms with Crippen molar-refractivity contribution in [3.63, 3.8) is 0 Å². The summed E-state index contributed by atoms with van der Waals surface area (Å²) in [6.07, 6.45) is 2.52. The summed E-state index contributed by atoms with van der Waals surface area (Å²) in [5, 5.41) is 2.94. The Kier molecular flexibility index (Phi) is 4.10. The van der Waals surface area contributed by atoms with Crippen molar-refractivity contribution in [2.24, 2.45) is 0 Å². The molecule has 1 aromatic carbocycles. The Labute approximate surface area is 127 Å².